The zero-order chi connectivity index (χ0) is 27.6. The van der Waals surface area contributed by atoms with Crippen molar-refractivity contribution < 1.29 is 36.6 Å². The van der Waals surface area contributed by atoms with E-state index in [0.29, 0.717) is 43.6 Å². The summed E-state index contributed by atoms with van der Waals surface area (Å²) >= 11 is 0. The van der Waals surface area contributed by atoms with Gasteiger partial charge in [0, 0.05) is 31.7 Å². The highest BCUT2D eigenvalue weighted by Crippen LogP contribution is 2.39. The van der Waals surface area contributed by atoms with Gasteiger partial charge in [-0.3, -0.25) is 4.79 Å². The van der Waals surface area contributed by atoms with Crippen molar-refractivity contribution in [1.29, 1.82) is 0 Å². The van der Waals surface area contributed by atoms with E-state index in [1.54, 1.807) is 6.07 Å². The van der Waals surface area contributed by atoms with Crippen molar-refractivity contribution in [3.05, 3.63) is 52.8 Å². The van der Waals surface area contributed by atoms with Crippen LogP contribution >= 0.6 is 0 Å². The number of benzene rings is 2. The van der Waals surface area contributed by atoms with Gasteiger partial charge in [-0.25, -0.2) is 17.6 Å². The number of hydrogen-bond acceptors (Lipinski definition) is 8. The summed E-state index contributed by atoms with van der Waals surface area (Å²) in [4.78, 5) is 29.8. The SMILES string of the molecule is COC(=O)C1c2cc(S(=O)(=O)N3CCCN(C)CC3)c(OC)cc2CCN1C(=O)c1ccc(OC)c(F)c1. The van der Waals surface area contributed by atoms with Gasteiger partial charge in [0.15, 0.2) is 17.6 Å². The Bertz CT molecular complexity index is 1330. The van der Waals surface area contributed by atoms with Crippen LogP contribution in [0.5, 0.6) is 11.5 Å². The van der Waals surface area contributed by atoms with Gasteiger partial charge in [-0.1, -0.05) is 0 Å². The number of ether oxygens (including phenoxy) is 3. The minimum atomic E-state index is -3.98. The molecule has 0 aliphatic carbocycles. The molecule has 1 atom stereocenters. The first-order valence-corrected chi connectivity index (χ1v) is 13.7. The molecule has 2 aromatic carbocycles. The third kappa shape index (κ3) is 5.20. The second-order valence-electron chi connectivity index (χ2n) is 9.29. The molecule has 12 heteroatoms. The van der Waals surface area contributed by atoms with Crippen LogP contribution in [0.15, 0.2) is 35.2 Å². The molecular weight excluding hydrogens is 517 g/mol. The van der Waals surface area contributed by atoms with Gasteiger partial charge in [-0.2, -0.15) is 4.31 Å². The Labute approximate surface area is 221 Å². The topological polar surface area (TPSA) is 106 Å². The highest BCUT2D eigenvalue weighted by Gasteiger charge is 2.40. The second-order valence-corrected chi connectivity index (χ2v) is 11.2. The third-order valence-electron chi connectivity index (χ3n) is 7.03. The van der Waals surface area contributed by atoms with Crippen LogP contribution in [0.4, 0.5) is 4.39 Å². The van der Waals surface area contributed by atoms with Crippen molar-refractivity contribution in [2.45, 2.75) is 23.8 Å². The Balaban J connectivity index is 1.78. The quantitative estimate of drug-likeness (QED) is 0.505. The van der Waals surface area contributed by atoms with E-state index >= 15 is 0 Å². The van der Waals surface area contributed by atoms with Crippen LogP contribution in [0.1, 0.15) is 33.9 Å². The fraction of sp³-hybridized carbons (Fsp3) is 0.462. The maximum absolute atomic E-state index is 14.4. The van der Waals surface area contributed by atoms with Crippen LogP contribution in [0.3, 0.4) is 0 Å². The molecule has 0 aromatic heterocycles. The van der Waals surface area contributed by atoms with E-state index in [0.717, 1.165) is 12.6 Å². The number of methoxy groups -OCH3 is 3. The fourth-order valence-corrected chi connectivity index (χ4v) is 6.58. The molecular formula is C26H32FN3O7S. The van der Waals surface area contributed by atoms with Gasteiger partial charge in [-0.15, -0.1) is 0 Å². The molecule has 0 bridgehead atoms. The summed E-state index contributed by atoms with van der Waals surface area (Å²) in [5, 5.41) is 0. The Kier molecular flexibility index (Phi) is 8.24. The number of halogens is 1. The molecule has 206 valence electrons. The fourth-order valence-electron chi connectivity index (χ4n) is 4.94. The van der Waals surface area contributed by atoms with E-state index < -0.39 is 33.8 Å². The number of nitrogens with zero attached hydrogens (tertiary/aromatic N) is 3. The van der Waals surface area contributed by atoms with Gasteiger partial charge in [0.05, 0.1) is 21.3 Å². The van der Waals surface area contributed by atoms with E-state index in [1.165, 1.54) is 48.7 Å². The number of fused-ring (bicyclic) bond motifs is 1. The lowest BCUT2D eigenvalue weighted by molar-refractivity contribution is -0.146. The van der Waals surface area contributed by atoms with Gasteiger partial charge in [-0.05, 0) is 67.9 Å². The van der Waals surface area contributed by atoms with E-state index in [4.69, 9.17) is 14.2 Å². The molecule has 2 aliphatic heterocycles. The number of carbonyl (C=O) groups is 2. The summed E-state index contributed by atoms with van der Waals surface area (Å²) < 4.78 is 58.7. The van der Waals surface area contributed by atoms with Crippen molar-refractivity contribution in [1.82, 2.24) is 14.1 Å². The molecule has 1 amide bonds. The van der Waals surface area contributed by atoms with Gasteiger partial charge in [0.2, 0.25) is 10.0 Å². The number of esters is 1. The van der Waals surface area contributed by atoms with E-state index in [9.17, 15) is 22.4 Å². The predicted octanol–water partition coefficient (Wildman–Crippen LogP) is 2.08. The van der Waals surface area contributed by atoms with Crippen LogP contribution < -0.4 is 9.47 Å². The molecule has 0 saturated carbocycles. The summed E-state index contributed by atoms with van der Waals surface area (Å²) in [5.74, 6) is -1.90. The summed E-state index contributed by atoms with van der Waals surface area (Å²) in [6.07, 6.45) is 1.01. The Morgan fingerprint density at radius 1 is 0.947 bits per heavy atom. The molecule has 0 spiro atoms. The average Bonchev–Trinajstić information content (AvgIpc) is 3.15. The molecule has 38 heavy (non-hydrogen) atoms. The highest BCUT2D eigenvalue weighted by atomic mass is 32.2. The van der Waals surface area contributed by atoms with Crippen LogP contribution in [0.25, 0.3) is 0 Å². The highest BCUT2D eigenvalue weighted by molar-refractivity contribution is 7.89. The summed E-state index contributed by atoms with van der Waals surface area (Å²) in [7, 11) is 1.87. The Morgan fingerprint density at radius 3 is 2.34 bits per heavy atom. The van der Waals surface area contributed by atoms with Crippen LogP contribution in [0.2, 0.25) is 0 Å². The summed E-state index contributed by atoms with van der Waals surface area (Å²) in [5.41, 5.74) is 1.02. The molecule has 2 heterocycles. The van der Waals surface area contributed by atoms with Gasteiger partial charge in [0.25, 0.3) is 5.91 Å². The first-order chi connectivity index (χ1) is 18.1. The minimum absolute atomic E-state index is 0.0169. The van der Waals surface area contributed by atoms with E-state index in [1.807, 2.05) is 7.05 Å². The van der Waals surface area contributed by atoms with Crippen molar-refractivity contribution in [3.63, 3.8) is 0 Å². The third-order valence-corrected chi connectivity index (χ3v) is 8.95. The first-order valence-electron chi connectivity index (χ1n) is 12.2. The van der Waals surface area contributed by atoms with Crippen molar-refractivity contribution >= 4 is 21.9 Å². The second kappa shape index (κ2) is 11.3. The molecule has 0 N–H and O–H groups in total. The Morgan fingerprint density at radius 2 is 1.68 bits per heavy atom. The molecule has 10 nitrogen and oxygen atoms in total. The van der Waals surface area contributed by atoms with Crippen LogP contribution in [-0.2, 0) is 26.0 Å². The largest absolute Gasteiger partial charge is 0.495 e. The molecule has 2 aliphatic rings. The number of amides is 1. The van der Waals surface area contributed by atoms with Crippen molar-refractivity contribution in [3.8, 4) is 11.5 Å². The Hall–Kier alpha value is -3.22. The molecule has 1 fully saturated rings. The maximum atomic E-state index is 14.4. The minimum Gasteiger partial charge on any atom is -0.495 e. The smallest absolute Gasteiger partial charge is 0.333 e. The standard InChI is InChI=1S/C26H32FN3O7S/c1-28-9-5-10-29(13-12-28)38(33,34)23-16-19-17(15-22(23)36-3)8-11-30(24(19)26(32)37-4)25(31)18-6-7-21(35-2)20(27)14-18/h6-7,14-16,24H,5,8-13H2,1-4H3. The lowest BCUT2D eigenvalue weighted by Gasteiger charge is -2.36. The zero-order valence-corrected chi connectivity index (χ0v) is 22.7. The number of rotatable bonds is 6. The van der Waals surface area contributed by atoms with Crippen molar-refractivity contribution in [2.75, 3.05) is 61.1 Å². The zero-order valence-electron chi connectivity index (χ0n) is 21.9. The normalized spacial score (nSPS) is 18.9. The maximum Gasteiger partial charge on any atom is 0.333 e. The molecule has 2 aromatic rings. The van der Waals surface area contributed by atoms with Gasteiger partial charge in [0.1, 0.15) is 10.6 Å². The van der Waals surface area contributed by atoms with Gasteiger partial charge < -0.3 is 24.0 Å². The summed E-state index contributed by atoms with van der Waals surface area (Å²) in [6.45, 7) is 2.15. The summed E-state index contributed by atoms with van der Waals surface area (Å²) in [6, 6.07) is 5.59. The first kappa shape index (κ1) is 27.8. The van der Waals surface area contributed by atoms with Crippen LogP contribution in [-0.4, -0.2) is 95.5 Å². The number of likely N-dealkylation sites (N-methyl/N-ethyl adjacent to an activating group) is 1. The number of carbonyl (C=O) groups excluding carboxylic acids is 2. The molecule has 1 unspecified atom stereocenters. The van der Waals surface area contributed by atoms with E-state index in [-0.39, 0.29) is 28.5 Å². The number of hydrogen-bond donors (Lipinski definition) is 0. The van der Waals surface area contributed by atoms with Gasteiger partial charge >= 0.3 is 5.97 Å². The molecule has 4 rings (SSSR count). The molecule has 0 radical (unpaired) electrons. The van der Waals surface area contributed by atoms with E-state index in [2.05, 4.69) is 4.90 Å². The van der Waals surface area contributed by atoms with Crippen LogP contribution in [0, 0.1) is 5.82 Å². The lowest BCUT2D eigenvalue weighted by Crippen LogP contribution is -2.44. The predicted molar refractivity (Wildman–Crippen MR) is 136 cm³/mol. The number of sulfonamides is 1. The van der Waals surface area contributed by atoms with Crippen molar-refractivity contribution in [2.24, 2.45) is 0 Å². The average molecular weight is 550 g/mol. The monoisotopic (exact) mass is 549 g/mol. The lowest BCUT2D eigenvalue weighted by atomic mass is 9.91. The molecule has 1 saturated heterocycles.